The van der Waals surface area contributed by atoms with E-state index in [2.05, 4.69) is 10.6 Å². The van der Waals surface area contributed by atoms with Crippen LogP contribution in [0.15, 0.2) is 9.98 Å². The van der Waals surface area contributed by atoms with E-state index in [9.17, 15) is 0 Å². The zero-order chi connectivity index (χ0) is 29.0. The molecule has 4 rings (SSSR count). The summed E-state index contributed by atoms with van der Waals surface area (Å²) >= 11 is 0. The van der Waals surface area contributed by atoms with Gasteiger partial charge in [0.25, 0.3) is 12.0 Å². The molecule has 0 aromatic carbocycles. The Bertz CT molecular complexity index is 702. The average Bonchev–Trinajstić information content (AvgIpc) is 2.99. The zero-order valence-electron chi connectivity index (χ0n) is 24.9. The molecule has 4 aliphatic rings. The summed E-state index contributed by atoms with van der Waals surface area (Å²) < 4.78 is 10.8. The maximum atomic E-state index is 9.10. The second kappa shape index (κ2) is 20.4. The Labute approximate surface area is 240 Å². The van der Waals surface area contributed by atoms with Crippen molar-refractivity contribution in [2.75, 3.05) is 14.2 Å². The minimum atomic E-state index is -1.82. The van der Waals surface area contributed by atoms with Crippen LogP contribution in [0.2, 0.25) is 0 Å². The standard InChI is InChI=1S/2C14H26N2O.C2H2O4/c2*1-17-14(15-12-8-4-2-5-9-12)16-13-10-6-3-7-11-13;3-1(4)2(5)6/h2*12-13H,2-11H2,1H3,(H,15,16);(H,3,4)(H,5,6). The van der Waals surface area contributed by atoms with Gasteiger partial charge in [-0.25, -0.2) is 19.6 Å². The Kier molecular flexibility index (Phi) is 17.2. The van der Waals surface area contributed by atoms with E-state index in [1.807, 2.05) is 0 Å². The summed E-state index contributed by atoms with van der Waals surface area (Å²) in [5.74, 6) is -3.65. The van der Waals surface area contributed by atoms with Gasteiger partial charge < -0.3 is 30.3 Å². The number of aliphatic carboxylic acids is 2. The van der Waals surface area contributed by atoms with Crippen LogP contribution < -0.4 is 10.6 Å². The van der Waals surface area contributed by atoms with Gasteiger partial charge in [0.15, 0.2) is 0 Å². The van der Waals surface area contributed by atoms with Crippen molar-refractivity contribution < 1.29 is 29.3 Å². The van der Waals surface area contributed by atoms with Crippen LogP contribution in [0, 0.1) is 0 Å². The van der Waals surface area contributed by atoms with Crippen LogP contribution >= 0.6 is 0 Å². The fraction of sp³-hybridized carbons (Fsp3) is 0.867. The van der Waals surface area contributed by atoms with Crippen molar-refractivity contribution in [1.29, 1.82) is 0 Å². The van der Waals surface area contributed by atoms with E-state index in [0.29, 0.717) is 24.2 Å². The normalized spacial score (nSPS) is 22.1. The third-order valence-electron chi connectivity index (χ3n) is 8.18. The molecule has 4 aliphatic carbocycles. The van der Waals surface area contributed by atoms with Gasteiger partial charge in [0.1, 0.15) is 0 Å². The number of nitrogens with zero attached hydrogens (tertiary/aromatic N) is 2. The minimum absolute atomic E-state index is 0.495. The smallest absolute Gasteiger partial charge is 0.414 e. The number of hydrogen-bond donors (Lipinski definition) is 4. The average molecular weight is 567 g/mol. The Balaban J connectivity index is 0.000000234. The largest absolute Gasteiger partial charge is 0.473 e. The SMILES string of the molecule is COC(=NC1CCCCC1)NC1CCCCC1.COC(=NC1CCCCC1)NC1CCCCC1.O=C(O)C(=O)O. The molecule has 0 atom stereocenters. The van der Waals surface area contributed by atoms with E-state index < -0.39 is 11.9 Å². The molecule has 0 saturated heterocycles. The molecule has 4 N–H and O–H groups in total. The quantitative estimate of drug-likeness (QED) is 0.194. The number of aliphatic imine (C=N–C) groups is 2. The molecule has 0 radical (unpaired) electrons. The summed E-state index contributed by atoms with van der Waals surface area (Å²) in [5, 5.41) is 21.7. The van der Waals surface area contributed by atoms with Crippen LogP contribution in [0.1, 0.15) is 128 Å². The van der Waals surface area contributed by atoms with Gasteiger partial charge in [0.05, 0.1) is 26.3 Å². The topological polar surface area (TPSA) is 142 Å². The van der Waals surface area contributed by atoms with Gasteiger partial charge in [-0.3, -0.25) is 0 Å². The highest BCUT2D eigenvalue weighted by molar-refractivity contribution is 6.27. The summed E-state index contributed by atoms with van der Waals surface area (Å²) in [6, 6.07) is 3.73. The van der Waals surface area contributed by atoms with Crippen molar-refractivity contribution in [3.05, 3.63) is 0 Å². The highest BCUT2D eigenvalue weighted by atomic mass is 16.5. The van der Waals surface area contributed by atoms with E-state index in [1.54, 1.807) is 14.2 Å². The van der Waals surface area contributed by atoms with Crippen molar-refractivity contribution in [1.82, 2.24) is 10.6 Å². The molecule has 0 heterocycles. The van der Waals surface area contributed by atoms with Gasteiger partial charge in [-0.15, -0.1) is 0 Å². The molecule has 4 saturated carbocycles. The number of amidine groups is 2. The first-order valence-corrected chi connectivity index (χ1v) is 15.6. The van der Waals surface area contributed by atoms with Gasteiger partial charge >= 0.3 is 11.9 Å². The number of carbonyl (C=O) groups is 2. The van der Waals surface area contributed by atoms with E-state index >= 15 is 0 Å². The predicted molar refractivity (Wildman–Crippen MR) is 158 cm³/mol. The van der Waals surface area contributed by atoms with Crippen LogP contribution in [-0.2, 0) is 19.1 Å². The maximum Gasteiger partial charge on any atom is 0.414 e. The highest BCUT2D eigenvalue weighted by Gasteiger charge is 2.19. The first kappa shape index (κ1) is 33.7. The summed E-state index contributed by atoms with van der Waals surface area (Å²) in [5.41, 5.74) is 0. The minimum Gasteiger partial charge on any atom is -0.473 e. The van der Waals surface area contributed by atoms with Gasteiger partial charge in [-0.05, 0) is 51.4 Å². The van der Waals surface area contributed by atoms with Crippen LogP contribution in [0.3, 0.4) is 0 Å². The summed E-state index contributed by atoms with van der Waals surface area (Å²) in [6.07, 6.45) is 26.3. The highest BCUT2D eigenvalue weighted by Crippen LogP contribution is 2.22. The fourth-order valence-electron chi connectivity index (χ4n) is 5.89. The number of methoxy groups -OCH3 is 2. The molecule has 0 bridgehead atoms. The monoisotopic (exact) mass is 566 g/mol. The van der Waals surface area contributed by atoms with Crippen molar-refractivity contribution in [2.45, 2.75) is 153 Å². The van der Waals surface area contributed by atoms with Crippen LogP contribution in [0.5, 0.6) is 0 Å². The van der Waals surface area contributed by atoms with Gasteiger partial charge in [-0.2, -0.15) is 0 Å². The van der Waals surface area contributed by atoms with Gasteiger partial charge in [0, 0.05) is 12.1 Å². The van der Waals surface area contributed by atoms with E-state index in [1.165, 1.54) is 128 Å². The summed E-state index contributed by atoms with van der Waals surface area (Å²) in [7, 11) is 3.47. The third-order valence-corrected chi connectivity index (χ3v) is 8.18. The Hall–Kier alpha value is -2.52. The lowest BCUT2D eigenvalue weighted by atomic mass is 9.95. The first-order chi connectivity index (χ1) is 19.4. The number of carboxylic acids is 2. The van der Waals surface area contributed by atoms with Crippen LogP contribution in [0.4, 0.5) is 0 Å². The molecule has 10 nitrogen and oxygen atoms in total. The van der Waals surface area contributed by atoms with Crippen molar-refractivity contribution >= 4 is 24.0 Å². The molecule has 0 aliphatic heterocycles. The number of ether oxygens (including phenoxy) is 2. The molecule has 0 spiro atoms. The lowest BCUT2D eigenvalue weighted by molar-refractivity contribution is -0.159. The number of hydrogen-bond acceptors (Lipinski definition) is 6. The van der Waals surface area contributed by atoms with Crippen molar-refractivity contribution in [3.8, 4) is 0 Å². The molecule has 4 fully saturated rings. The van der Waals surface area contributed by atoms with Crippen LogP contribution in [0.25, 0.3) is 0 Å². The molecular weight excluding hydrogens is 512 g/mol. The molecule has 230 valence electrons. The number of rotatable bonds is 4. The molecule has 10 heteroatoms. The van der Waals surface area contributed by atoms with Crippen molar-refractivity contribution in [2.24, 2.45) is 9.98 Å². The molecule has 0 amide bonds. The first-order valence-electron chi connectivity index (χ1n) is 15.6. The lowest BCUT2D eigenvalue weighted by Crippen LogP contribution is -2.38. The van der Waals surface area contributed by atoms with E-state index in [0.717, 1.165) is 12.0 Å². The Morgan fingerprint density at radius 1 is 0.525 bits per heavy atom. The second-order valence-corrected chi connectivity index (χ2v) is 11.4. The third kappa shape index (κ3) is 14.7. The number of nitrogens with one attached hydrogen (secondary N) is 2. The van der Waals surface area contributed by atoms with Gasteiger partial charge in [-0.1, -0.05) is 77.0 Å². The lowest BCUT2D eigenvalue weighted by Gasteiger charge is -2.25. The second-order valence-electron chi connectivity index (χ2n) is 11.4. The maximum absolute atomic E-state index is 9.10. The fourth-order valence-corrected chi connectivity index (χ4v) is 5.89. The number of carboxylic acid groups (broad SMARTS) is 2. The van der Waals surface area contributed by atoms with E-state index in [4.69, 9.17) is 39.3 Å². The Morgan fingerprint density at radius 3 is 1.05 bits per heavy atom. The molecule has 40 heavy (non-hydrogen) atoms. The van der Waals surface area contributed by atoms with Crippen molar-refractivity contribution in [3.63, 3.8) is 0 Å². The Morgan fingerprint density at radius 2 is 0.800 bits per heavy atom. The van der Waals surface area contributed by atoms with Gasteiger partial charge in [0.2, 0.25) is 0 Å². The summed E-state index contributed by atoms with van der Waals surface area (Å²) in [4.78, 5) is 27.7. The molecule has 0 aromatic rings. The molecular formula is C30H54N4O6. The zero-order valence-corrected chi connectivity index (χ0v) is 24.9. The van der Waals surface area contributed by atoms with E-state index in [-0.39, 0.29) is 0 Å². The molecule has 0 unspecified atom stereocenters. The van der Waals surface area contributed by atoms with Crippen LogP contribution in [-0.4, -0.2) is 72.6 Å². The predicted octanol–water partition coefficient (Wildman–Crippen LogP) is 5.64. The molecule has 0 aromatic heterocycles. The summed E-state index contributed by atoms with van der Waals surface area (Å²) in [6.45, 7) is 0.